The molecular formula is C35H68N2O7. The fraction of sp³-hybridized carbons (Fsp3) is 0.943. The van der Waals surface area contributed by atoms with Crippen molar-refractivity contribution in [1.29, 1.82) is 0 Å². The lowest BCUT2D eigenvalue weighted by molar-refractivity contribution is -0.227. The van der Waals surface area contributed by atoms with Crippen LogP contribution in [0.15, 0.2) is 0 Å². The second-order valence-electron chi connectivity index (χ2n) is 13.0. The average molecular weight is 629 g/mol. The smallest absolute Gasteiger partial charge is 0.412 e. The Morgan fingerprint density at radius 2 is 1.20 bits per heavy atom. The molecule has 2 amide bonds. The molecule has 6 atom stereocenters. The second kappa shape index (κ2) is 25.7. The third-order valence-electron chi connectivity index (χ3n) is 8.83. The highest BCUT2D eigenvalue weighted by atomic mass is 16.6. The van der Waals surface area contributed by atoms with E-state index in [-0.39, 0.29) is 6.10 Å². The van der Waals surface area contributed by atoms with Gasteiger partial charge in [-0.3, -0.25) is 9.69 Å². The molecule has 1 fully saturated rings. The molecule has 9 heteroatoms. The summed E-state index contributed by atoms with van der Waals surface area (Å²) in [6, 6.07) is -1.06. The van der Waals surface area contributed by atoms with Crippen molar-refractivity contribution in [3.8, 4) is 0 Å². The molecule has 0 aliphatic carbocycles. The van der Waals surface area contributed by atoms with Crippen molar-refractivity contribution in [1.82, 2.24) is 10.2 Å². The third-order valence-corrected chi connectivity index (χ3v) is 8.83. The molecule has 1 rings (SSSR count). The maximum absolute atomic E-state index is 13.5. The molecular weight excluding hydrogens is 560 g/mol. The fourth-order valence-electron chi connectivity index (χ4n) is 6.06. The number of aliphatic hydroxyl groups excluding tert-OH is 3. The van der Waals surface area contributed by atoms with Gasteiger partial charge in [0.05, 0.1) is 6.61 Å². The number of ether oxygens (including phenoxy) is 2. The normalized spacial score (nSPS) is 22.5. The first-order chi connectivity index (χ1) is 21.3. The predicted octanol–water partition coefficient (Wildman–Crippen LogP) is 6.99. The standard InChI is InChI=1S/C35H68N2O7/c1-5-7-9-11-13-15-17-19-21-23-25-28(3)43-35(42)37(26-24-22-20-18-16-14-12-10-8-6-2)34-31(36-29(4)39)33(41)32(40)30(27-38)44-34/h28,30-34,38,40-41H,5-27H2,1-4H3,(H,36,39)/t28?,30-,31-,32-,33-,34?/m1/s1. The number of hydrogen-bond donors (Lipinski definition) is 4. The van der Waals surface area contributed by atoms with Crippen molar-refractivity contribution >= 4 is 12.0 Å². The van der Waals surface area contributed by atoms with Crippen LogP contribution in [-0.2, 0) is 14.3 Å². The molecule has 1 saturated heterocycles. The highest BCUT2D eigenvalue weighted by Crippen LogP contribution is 2.26. The first-order valence-corrected chi connectivity index (χ1v) is 18.1. The molecule has 0 aromatic rings. The molecule has 9 nitrogen and oxygen atoms in total. The minimum Gasteiger partial charge on any atom is -0.446 e. The number of nitrogens with one attached hydrogen (secondary N) is 1. The topological polar surface area (TPSA) is 129 Å². The van der Waals surface area contributed by atoms with E-state index in [2.05, 4.69) is 19.2 Å². The molecule has 44 heavy (non-hydrogen) atoms. The number of amides is 2. The van der Waals surface area contributed by atoms with Crippen LogP contribution < -0.4 is 5.32 Å². The lowest BCUT2D eigenvalue weighted by Gasteiger charge is -2.46. The van der Waals surface area contributed by atoms with Gasteiger partial charge in [-0.15, -0.1) is 0 Å². The lowest BCUT2D eigenvalue weighted by atomic mass is 9.95. The second-order valence-corrected chi connectivity index (χ2v) is 13.0. The van der Waals surface area contributed by atoms with Gasteiger partial charge in [0.1, 0.15) is 30.5 Å². The Morgan fingerprint density at radius 1 is 0.750 bits per heavy atom. The summed E-state index contributed by atoms with van der Waals surface area (Å²) in [5.41, 5.74) is 0. The van der Waals surface area contributed by atoms with Crippen LogP contribution in [0.5, 0.6) is 0 Å². The zero-order valence-electron chi connectivity index (χ0n) is 28.6. The summed E-state index contributed by atoms with van der Waals surface area (Å²) < 4.78 is 11.8. The third kappa shape index (κ3) is 17.3. The van der Waals surface area contributed by atoms with Crippen LogP contribution in [-0.4, -0.2) is 82.1 Å². The van der Waals surface area contributed by atoms with E-state index < -0.39 is 49.2 Å². The van der Waals surface area contributed by atoms with Gasteiger partial charge in [0.2, 0.25) is 5.91 Å². The molecule has 2 unspecified atom stereocenters. The number of nitrogens with zero attached hydrogens (tertiary/aromatic N) is 1. The quantitative estimate of drug-likeness (QED) is 0.0760. The Kier molecular flexibility index (Phi) is 23.7. The van der Waals surface area contributed by atoms with Crippen molar-refractivity contribution in [2.75, 3.05) is 13.2 Å². The van der Waals surface area contributed by atoms with Crippen LogP contribution in [0.1, 0.15) is 163 Å². The van der Waals surface area contributed by atoms with Gasteiger partial charge in [-0.05, 0) is 26.2 Å². The maximum atomic E-state index is 13.5. The summed E-state index contributed by atoms with van der Waals surface area (Å²) in [6.45, 7) is 7.46. The summed E-state index contributed by atoms with van der Waals surface area (Å²) in [7, 11) is 0. The molecule has 0 saturated carbocycles. The Balaban J connectivity index is 2.69. The zero-order valence-corrected chi connectivity index (χ0v) is 28.6. The fourth-order valence-corrected chi connectivity index (χ4v) is 6.06. The van der Waals surface area contributed by atoms with Gasteiger partial charge in [0.25, 0.3) is 0 Å². The number of carbonyl (C=O) groups is 2. The van der Waals surface area contributed by atoms with E-state index in [0.29, 0.717) is 13.0 Å². The molecule has 1 aliphatic heterocycles. The highest BCUT2D eigenvalue weighted by Gasteiger charge is 2.48. The van der Waals surface area contributed by atoms with E-state index in [4.69, 9.17) is 9.47 Å². The molecule has 0 aromatic carbocycles. The molecule has 0 spiro atoms. The summed E-state index contributed by atoms with van der Waals surface area (Å²) in [6.07, 6.45) is 18.8. The Labute approximate surface area is 268 Å². The Bertz CT molecular complexity index is 725. The SMILES string of the molecule is CCCCCCCCCCCCC(C)OC(=O)N(CCCCCCCCCCCC)C1O[C@H](CO)[C@@H](O)[C@H](O)[C@H]1NC(C)=O. The minimum atomic E-state index is -1.41. The molecule has 4 N–H and O–H groups in total. The van der Waals surface area contributed by atoms with E-state index in [1.54, 1.807) is 0 Å². The number of unbranched alkanes of at least 4 members (excludes halogenated alkanes) is 18. The van der Waals surface area contributed by atoms with E-state index >= 15 is 0 Å². The molecule has 1 heterocycles. The van der Waals surface area contributed by atoms with Gasteiger partial charge in [-0.1, -0.05) is 129 Å². The van der Waals surface area contributed by atoms with Crippen molar-refractivity contribution in [3.63, 3.8) is 0 Å². The minimum absolute atomic E-state index is 0.293. The van der Waals surface area contributed by atoms with E-state index in [1.807, 2.05) is 6.92 Å². The lowest BCUT2D eigenvalue weighted by Crippen LogP contribution is -2.68. The summed E-state index contributed by atoms with van der Waals surface area (Å²) in [4.78, 5) is 27.0. The van der Waals surface area contributed by atoms with Crippen molar-refractivity contribution in [3.05, 3.63) is 0 Å². The van der Waals surface area contributed by atoms with Crippen LogP contribution in [0, 0.1) is 0 Å². The van der Waals surface area contributed by atoms with Crippen LogP contribution in [0.2, 0.25) is 0 Å². The number of carbonyl (C=O) groups excluding carboxylic acids is 2. The molecule has 0 radical (unpaired) electrons. The molecule has 0 bridgehead atoms. The highest BCUT2D eigenvalue weighted by molar-refractivity contribution is 5.74. The van der Waals surface area contributed by atoms with E-state index in [1.165, 1.54) is 102 Å². The van der Waals surface area contributed by atoms with Gasteiger partial charge < -0.3 is 30.1 Å². The summed E-state index contributed by atoms with van der Waals surface area (Å²) in [5.74, 6) is -0.418. The first-order valence-electron chi connectivity index (χ1n) is 18.1. The van der Waals surface area contributed by atoms with Crippen LogP contribution in [0.25, 0.3) is 0 Å². The average Bonchev–Trinajstić information content (AvgIpc) is 2.99. The zero-order chi connectivity index (χ0) is 32.6. The predicted molar refractivity (Wildman–Crippen MR) is 176 cm³/mol. The van der Waals surface area contributed by atoms with Crippen LogP contribution in [0.3, 0.4) is 0 Å². The number of hydrogen-bond acceptors (Lipinski definition) is 7. The van der Waals surface area contributed by atoms with Crippen LogP contribution in [0.4, 0.5) is 4.79 Å². The van der Waals surface area contributed by atoms with Gasteiger partial charge in [0, 0.05) is 13.5 Å². The van der Waals surface area contributed by atoms with Gasteiger partial charge in [0.15, 0.2) is 6.23 Å². The monoisotopic (exact) mass is 629 g/mol. The van der Waals surface area contributed by atoms with Gasteiger partial charge in [-0.2, -0.15) is 0 Å². The van der Waals surface area contributed by atoms with E-state index in [9.17, 15) is 24.9 Å². The largest absolute Gasteiger partial charge is 0.446 e. The Hall–Kier alpha value is -1.42. The Morgan fingerprint density at radius 3 is 1.66 bits per heavy atom. The molecule has 1 aliphatic rings. The first kappa shape index (κ1) is 40.6. The molecule has 0 aromatic heterocycles. The van der Waals surface area contributed by atoms with Gasteiger partial charge >= 0.3 is 6.09 Å². The van der Waals surface area contributed by atoms with Crippen molar-refractivity contribution in [2.24, 2.45) is 0 Å². The number of rotatable bonds is 26. The van der Waals surface area contributed by atoms with Crippen LogP contribution >= 0.6 is 0 Å². The summed E-state index contributed by atoms with van der Waals surface area (Å²) >= 11 is 0. The van der Waals surface area contributed by atoms with E-state index in [0.717, 1.165) is 38.5 Å². The van der Waals surface area contributed by atoms with Crippen molar-refractivity contribution in [2.45, 2.75) is 199 Å². The van der Waals surface area contributed by atoms with Gasteiger partial charge in [-0.25, -0.2) is 4.79 Å². The molecule has 260 valence electrons. The number of aliphatic hydroxyl groups is 3. The van der Waals surface area contributed by atoms with Crippen molar-refractivity contribution < 1.29 is 34.4 Å². The maximum Gasteiger partial charge on any atom is 0.412 e. The summed E-state index contributed by atoms with van der Waals surface area (Å²) in [5, 5.41) is 33.8.